The summed E-state index contributed by atoms with van der Waals surface area (Å²) < 4.78 is 107. The molecular formula is C90H146F6O6. The lowest BCUT2D eigenvalue weighted by Crippen LogP contribution is -2.27. The Morgan fingerprint density at radius 3 is 0.706 bits per heavy atom. The Balaban J connectivity index is 0.000000557. The number of aryl methyl sites for hydroxylation is 8. The minimum atomic E-state index is -0.736. The SMILES string of the molecule is CC1=C(F)CC(C)CC1.CC1=C(F)CC(C)CC1.CC1CCC(C)CC1.CC1CCC(C)CC1.CC1CCC(C)OC1.CC1CCC(C)OC1.CC1COC(C)OC1.CC1COC(C)OC1.Cc1ccc(C)c(F)c1.Cc1ccc(C)c(F)c1.Cc1ccc(C)c(F)c1F.Cc1ccc(C)cc1. The van der Waals surface area contributed by atoms with Crippen molar-refractivity contribution in [2.75, 3.05) is 39.6 Å². The number of benzene rings is 4. The van der Waals surface area contributed by atoms with Crippen LogP contribution in [-0.2, 0) is 28.4 Å². The fourth-order valence-corrected chi connectivity index (χ4v) is 11.4. The average Bonchev–Trinajstić information content (AvgIpc) is 0.870. The van der Waals surface area contributed by atoms with Gasteiger partial charge in [0.05, 0.1) is 50.3 Å². The lowest BCUT2D eigenvalue weighted by molar-refractivity contribution is -0.187. The van der Waals surface area contributed by atoms with E-state index in [0.29, 0.717) is 71.0 Å². The second-order valence-corrected chi connectivity index (χ2v) is 32.1. The Kier molecular flexibility index (Phi) is 51.0. The van der Waals surface area contributed by atoms with Gasteiger partial charge in [0.25, 0.3) is 0 Å². The molecule has 6 nitrogen and oxygen atoms in total. The zero-order chi connectivity index (χ0) is 77.0. The molecule has 584 valence electrons. The number of allylic oxidation sites excluding steroid dienone is 4. The van der Waals surface area contributed by atoms with Crippen molar-refractivity contribution < 1.29 is 54.8 Å². The van der Waals surface area contributed by atoms with Gasteiger partial charge in [-0.25, -0.2) is 26.3 Å². The number of hydrogen-bond donors (Lipinski definition) is 0. The fourth-order valence-electron chi connectivity index (χ4n) is 11.4. The molecule has 6 unspecified atom stereocenters. The van der Waals surface area contributed by atoms with E-state index in [0.717, 1.165) is 110 Å². The Bertz CT molecular complexity index is 2500. The molecule has 6 atom stereocenters. The molecule has 0 N–H and O–H groups in total. The van der Waals surface area contributed by atoms with Crippen LogP contribution in [0.5, 0.6) is 0 Å². The normalized spacial score (nSPS) is 27.2. The molecule has 6 fully saturated rings. The van der Waals surface area contributed by atoms with Crippen LogP contribution in [0.3, 0.4) is 0 Å². The molecule has 4 aliphatic heterocycles. The van der Waals surface area contributed by atoms with Crippen molar-refractivity contribution in [2.24, 2.45) is 59.2 Å². The summed E-state index contributed by atoms with van der Waals surface area (Å²) in [5.74, 6) is 6.51. The smallest absolute Gasteiger partial charge is 0.161 e. The maximum Gasteiger partial charge on any atom is 0.161 e. The van der Waals surface area contributed by atoms with Crippen LogP contribution in [0.25, 0.3) is 0 Å². The van der Waals surface area contributed by atoms with Gasteiger partial charge < -0.3 is 28.4 Å². The van der Waals surface area contributed by atoms with Crippen LogP contribution in [0.1, 0.15) is 271 Å². The highest BCUT2D eigenvalue weighted by atomic mass is 19.2. The summed E-state index contributed by atoms with van der Waals surface area (Å²) in [5.41, 5.74) is 8.65. The van der Waals surface area contributed by atoms with E-state index in [2.05, 4.69) is 121 Å². The van der Waals surface area contributed by atoms with Crippen LogP contribution in [-0.4, -0.2) is 64.4 Å². The van der Waals surface area contributed by atoms with Gasteiger partial charge in [0.15, 0.2) is 24.2 Å². The van der Waals surface area contributed by atoms with Crippen LogP contribution >= 0.6 is 0 Å². The van der Waals surface area contributed by atoms with E-state index in [-0.39, 0.29) is 35.9 Å². The minimum absolute atomic E-state index is 0.0196. The third kappa shape index (κ3) is 47.3. The number of ether oxygens (including phenoxy) is 6. The van der Waals surface area contributed by atoms with Gasteiger partial charge in [-0.3, -0.25) is 0 Å². The molecule has 102 heavy (non-hydrogen) atoms. The van der Waals surface area contributed by atoms with Crippen LogP contribution < -0.4 is 0 Å². The minimum Gasteiger partial charge on any atom is -0.378 e. The standard InChI is InChI=1S/C8H8F2.2C8H13F.2C8H9F.2C8H16.C8H10.2C7H14O.2C6H12O2/c1-5-3-4-6(2)8(10)7(5)9;4*1-6-3-4-7(2)8(9)5-6;3*1-7-3-5-8(2)6-4-7;2*1-6-3-4-7(2)8-5-6;2*1-5-3-7-6(2)8-4-5/h3-4H,1-2H3;2*6H,3-5H2,1-2H3;2*3-5H,1-2H3;2*7-8H,3-6H2,1-2H3;3-6H,1-2H3;2*6-7H,3-5H2,1-2H3;2*5-6H,3-4H2,1-2H3. The summed E-state index contributed by atoms with van der Waals surface area (Å²) in [7, 11) is 0. The van der Waals surface area contributed by atoms with Crippen LogP contribution in [0.2, 0.25) is 0 Å². The molecule has 4 aromatic rings. The third-order valence-corrected chi connectivity index (χ3v) is 19.9. The average molecular weight is 1440 g/mol. The number of halogens is 6. The van der Waals surface area contributed by atoms with Crippen LogP contribution in [0.15, 0.2) is 95.6 Å². The van der Waals surface area contributed by atoms with E-state index >= 15 is 0 Å². The quantitative estimate of drug-likeness (QED) is 0.164. The van der Waals surface area contributed by atoms with Crippen molar-refractivity contribution in [1.82, 2.24) is 0 Å². The molecule has 4 aromatic carbocycles. The molecular weight excluding hydrogens is 1290 g/mol. The van der Waals surface area contributed by atoms with E-state index < -0.39 is 11.6 Å². The molecule has 12 heteroatoms. The highest BCUT2D eigenvalue weighted by Crippen LogP contribution is 2.31. The first-order chi connectivity index (χ1) is 47.9. The third-order valence-electron chi connectivity index (χ3n) is 19.9. The second-order valence-electron chi connectivity index (χ2n) is 32.1. The van der Waals surface area contributed by atoms with Crippen molar-refractivity contribution in [2.45, 2.75) is 307 Å². The monoisotopic (exact) mass is 1440 g/mol. The molecule has 0 bridgehead atoms. The summed E-state index contributed by atoms with van der Waals surface area (Å²) in [6, 6.07) is 22.0. The molecule has 0 spiro atoms. The zero-order valence-electron chi connectivity index (χ0n) is 68.7. The lowest BCUT2D eigenvalue weighted by Gasteiger charge is -2.24. The molecule has 4 heterocycles. The summed E-state index contributed by atoms with van der Waals surface area (Å²) >= 11 is 0. The van der Waals surface area contributed by atoms with Gasteiger partial charge in [-0.2, -0.15) is 0 Å². The lowest BCUT2D eigenvalue weighted by atomic mass is 9.84. The molecule has 2 saturated carbocycles. The first-order valence-corrected chi connectivity index (χ1v) is 39.2. The highest BCUT2D eigenvalue weighted by molar-refractivity contribution is 5.25. The molecule has 0 amide bonds. The van der Waals surface area contributed by atoms with Gasteiger partial charge in [-0.05, 0) is 252 Å². The van der Waals surface area contributed by atoms with Gasteiger partial charge in [0.1, 0.15) is 11.6 Å². The zero-order valence-corrected chi connectivity index (χ0v) is 68.7. The van der Waals surface area contributed by atoms with Crippen molar-refractivity contribution in [3.63, 3.8) is 0 Å². The predicted molar refractivity (Wildman–Crippen MR) is 419 cm³/mol. The summed E-state index contributed by atoms with van der Waals surface area (Å²) in [4.78, 5) is 0. The maximum atomic E-state index is 12.7. The van der Waals surface area contributed by atoms with Gasteiger partial charge in [0, 0.05) is 37.9 Å². The Morgan fingerprint density at radius 1 is 0.255 bits per heavy atom. The maximum absolute atomic E-state index is 12.7. The molecule has 4 aliphatic carbocycles. The van der Waals surface area contributed by atoms with E-state index in [1.807, 2.05) is 53.7 Å². The van der Waals surface area contributed by atoms with Crippen molar-refractivity contribution in [3.05, 3.63) is 163 Å². The van der Waals surface area contributed by atoms with E-state index in [1.165, 1.54) is 127 Å². The van der Waals surface area contributed by atoms with Crippen molar-refractivity contribution in [3.8, 4) is 0 Å². The first kappa shape index (κ1) is 95.7. The van der Waals surface area contributed by atoms with Crippen molar-refractivity contribution in [1.29, 1.82) is 0 Å². The predicted octanol–water partition coefficient (Wildman–Crippen LogP) is 27.2. The fraction of sp³-hybridized carbons (Fsp3) is 0.689. The molecule has 12 rings (SSSR count). The summed E-state index contributed by atoms with van der Waals surface area (Å²) in [6.45, 7) is 54.2. The first-order valence-electron chi connectivity index (χ1n) is 39.2. The van der Waals surface area contributed by atoms with Crippen LogP contribution in [0.4, 0.5) is 26.3 Å². The van der Waals surface area contributed by atoms with E-state index in [1.54, 1.807) is 38.1 Å². The second kappa shape index (κ2) is 54.3. The Hall–Kier alpha value is -4.30. The van der Waals surface area contributed by atoms with Crippen LogP contribution in [0, 0.1) is 138 Å². The van der Waals surface area contributed by atoms with E-state index in [9.17, 15) is 26.3 Å². The largest absolute Gasteiger partial charge is 0.378 e. The van der Waals surface area contributed by atoms with E-state index in [4.69, 9.17) is 28.4 Å². The topological polar surface area (TPSA) is 55.4 Å². The van der Waals surface area contributed by atoms with Gasteiger partial charge in [-0.15, -0.1) is 0 Å². The highest BCUT2D eigenvalue weighted by Gasteiger charge is 2.19. The summed E-state index contributed by atoms with van der Waals surface area (Å²) in [5, 5.41) is 0. The molecule has 0 aromatic heterocycles. The Morgan fingerprint density at radius 2 is 0.500 bits per heavy atom. The molecule has 0 radical (unpaired) electrons. The Labute approximate surface area is 620 Å². The number of hydrogen-bond acceptors (Lipinski definition) is 6. The summed E-state index contributed by atoms with van der Waals surface area (Å²) in [6.07, 6.45) is 23.7. The molecule has 4 saturated heterocycles. The van der Waals surface area contributed by atoms with Crippen molar-refractivity contribution >= 4 is 0 Å². The van der Waals surface area contributed by atoms with Gasteiger partial charge in [0.2, 0.25) is 0 Å². The number of rotatable bonds is 0. The van der Waals surface area contributed by atoms with Gasteiger partial charge >= 0.3 is 0 Å². The molecule has 8 aliphatic rings. The van der Waals surface area contributed by atoms with Gasteiger partial charge in [-0.1, -0.05) is 192 Å².